The number of rotatable bonds is 8. The normalized spacial score (nSPS) is 10.6. The number of nitro groups is 2. The number of hydrogen-bond acceptors (Lipinski definition) is 9. The molecule has 0 atom stereocenters. The van der Waals surface area contributed by atoms with Crippen molar-refractivity contribution in [2.75, 3.05) is 0 Å². The second kappa shape index (κ2) is 10.7. The molecule has 0 aliphatic heterocycles. The van der Waals surface area contributed by atoms with Crippen molar-refractivity contribution in [2.45, 2.75) is 23.3 Å². The van der Waals surface area contributed by atoms with Crippen molar-refractivity contribution in [1.29, 1.82) is 0 Å². The van der Waals surface area contributed by atoms with Gasteiger partial charge < -0.3 is 4.74 Å². The zero-order chi connectivity index (χ0) is 25.7. The number of pyridine rings is 2. The number of esters is 1. The van der Waals surface area contributed by atoms with E-state index in [1.807, 2.05) is 19.1 Å². The molecule has 0 saturated heterocycles. The van der Waals surface area contributed by atoms with Crippen LogP contribution in [0.15, 0.2) is 88.9 Å². The minimum absolute atomic E-state index is 0.0170. The zero-order valence-electron chi connectivity index (χ0n) is 18.9. The van der Waals surface area contributed by atoms with Gasteiger partial charge in [0.05, 0.1) is 37.8 Å². The van der Waals surface area contributed by atoms with Crippen molar-refractivity contribution in [3.8, 4) is 11.4 Å². The summed E-state index contributed by atoms with van der Waals surface area (Å²) >= 11 is 0.957. The summed E-state index contributed by atoms with van der Waals surface area (Å²) in [5.41, 5.74) is 2.50. The predicted octanol–water partition coefficient (Wildman–Crippen LogP) is 5.78. The van der Waals surface area contributed by atoms with Crippen LogP contribution < -0.4 is 0 Å². The molecule has 10 nitrogen and oxygen atoms in total. The summed E-state index contributed by atoms with van der Waals surface area (Å²) in [5, 5.41) is 22.5. The van der Waals surface area contributed by atoms with Gasteiger partial charge in [-0.3, -0.25) is 30.2 Å². The fraction of sp³-hybridized carbons (Fsp3) is 0.0800. The Labute approximate surface area is 209 Å². The highest BCUT2D eigenvalue weighted by Crippen LogP contribution is 2.38. The monoisotopic (exact) mass is 502 g/mol. The van der Waals surface area contributed by atoms with Crippen LogP contribution in [0.5, 0.6) is 0 Å². The van der Waals surface area contributed by atoms with Gasteiger partial charge >= 0.3 is 5.97 Å². The standard InChI is InChI=1S/C25H18N4O6S/c1-16-8-10-26-20(12-16)21-13-17(9-11-27-21)15-35-25(30)19-4-2-3-5-23(19)36-24-7-6-18(28(31)32)14-22(24)29(33)34/h2-14H,15H2,1H3. The van der Waals surface area contributed by atoms with Gasteiger partial charge in [-0.15, -0.1) is 0 Å². The number of benzene rings is 2. The molecule has 0 aliphatic rings. The fourth-order valence-corrected chi connectivity index (χ4v) is 4.32. The highest BCUT2D eigenvalue weighted by atomic mass is 32.2. The number of non-ortho nitro benzene ring substituents is 1. The van der Waals surface area contributed by atoms with Crippen LogP contribution in [0.1, 0.15) is 21.5 Å². The van der Waals surface area contributed by atoms with Crippen LogP contribution in [0.25, 0.3) is 11.4 Å². The van der Waals surface area contributed by atoms with E-state index in [4.69, 9.17) is 4.74 Å². The Morgan fingerprint density at radius 1 is 0.889 bits per heavy atom. The van der Waals surface area contributed by atoms with E-state index in [9.17, 15) is 25.0 Å². The number of hydrogen-bond donors (Lipinski definition) is 0. The van der Waals surface area contributed by atoms with Gasteiger partial charge in [-0.2, -0.15) is 0 Å². The van der Waals surface area contributed by atoms with Gasteiger partial charge in [0.1, 0.15) is 6.61 Å². The lowest BCUT2D eigenvalue weighted by molar-refractivity contribution is -0.396. The average molecular weight is 503 g/mol. The van der Waals surface area contributed by atoms with Gasteiger partial charge in [0.25, 0.3) is 11.4 Å². The van der Waals surface area contributed by atoms with Gasteiger partial charge in [0, 0.05) is 23.4 Å². The SMILES string of the molecule is Cc1ccnc(-c2cc(COC(=O)c3ccccc3Sc3ccc([N+](=O)[O-])cc3[N+](=O)[O-])ccn2)c1. The third kappa shape index (κ3) is 5.70. The van der Waals surface area contributed by atoms with Crippen molar-refractivity contribution >= 4 is 29.1 Å². The summed E-state index contributed by atoms with van der Waals surface area (Å²) < 4.78 is 5.51. The van der Waals surface area contributed by atoms with Crippen LogP contribution >= 0.6 is 11.8 Å². The number of nitro benzene ring substituents is 2. The van der Waals surface area contributed by atoms with Gasteiger partial charge in [-0.25, -0.2) is 4.79 Å². The molecule has 0 amide bonds. The Balaban J connectivity index is 1.53. The van der Waals surface area contributed by atoms with Crippen LogP contribution in [0, 0.1) is 27.2 Å². The number of nitrogens with zero attached hydrogens (tertiary/aromatic N) is 4. The smallest absolute Gasteiger partial charge is 0.339 e. The van der Waals surface area contributed by atoms with E-state index >= 15 is 0 Å². The van der Waals surface area contributed by atoms with E-state index in [0.717, 1.165) is 23.4 Å². The molecule has 0 unspecified atom stereocenters. The highest BCUT2D eigenvalue weighted by molar-refractivity contribution is 7.99. The second-order valence-corrected chi connectivity index (χ2v) is 8.69. The average Bonchev–Trinajstić information content (AvgIpc) is 2.87. The van der Waals surface area contributed by atoms with Crippen molar-refractivity contribution in [2.24, 2.45) is 0 Å². The molecule has 0 N–H and O–H groups in total. The van der Waals surface area contributed by atoms with Gasteiger partial charge in [-0.05, 0) is 60.5 Å². The Morgan fingerprint density at radius 2 is 1.61 bits per heavy atom. The molecule has 0 bridgehead atoms. The lowest BCUT2D eigenvalue weighted by atomic mass is 10.1. The maximum absolute atomic E-state index is 12.9. The molecule has 0 saturated carbocycles. The quantitative estimate of drug-likeness (QED) is 0.167. The Kier molecular flexibility index (Phi) is 7.31. The molecule has 0 aliphatic carbocycles. The van der Waals surface area contributed by atoms with Gasteiger partial charge in [0.15, 0.2) is 0 Å². The first-order chi connectivity index (χ1) is 17.3. The van der Waals surface area contributed by atoms with Crippen LogP contribution in [-0.2, 0) is 11.3 Å². The van der Waals surface area contributed by atoms with E-state index in [2.05, 4.69) is 9.97 Å². The first-order valence-electron chi connectivity index (χ1n) is 10.6. The van der Waals surface area contributed by atoms with Crippen LogP contribution in [0.3, 0.4) is 0 Å². The summed E-state index contributed by atoms with van der Waals surface area (Å²) in [6.45, 7) is 1.94. The Bertz CT molecular complexity index is 1480. The summed E-state index contributed by atoms with van der Waals surface area (Å²) in [6.07, 6.45) is 3.31. The van der Waals surface area contributed by atoms with Crippen LogP contribution in [-0.4, -0.2) is 25.8 Å². The topological polar surface area (TPSA) is 138 Å². The molecular weight excluding hydrogens is 484 g/mol. The predicted molar refractivity (Wildman–Crippen MR) is 132 cm³/mol. The molecule has 4 aromatic rings. The maximum atomic E-state index is 12.9. The molecule has 2 aromatic carbocycles. The first kappa shape index (κ1) is 24.5. The number of aromatic nitrogens is 2. The molecule has 2 heterocycles. The third-order valence-electron chi connectivity index (χ3n) is 5.05. The molecular formula is C25H18N4O6S. The van der Waals surface area contributed by atoms with Crippen LogP contribution in [0.4, 0.5) is 11.4 Å². The lowest BCUT2D eigenvalue weighted by Gasteiger charge is -2.10. The fourth-order valence-electron chi connectivity index (χ4n) is 3.30. The minimum atomic E-state index is -0.702. The van der Waals surface area contributed by atoms with Crippen LogP contribution in [0.2, 0.25) is 0 Å². The molecule has 0 radical (unpaired) electrons. The molecule has 11 heteroatoms. The van der Waals surface area contributed by atoms with Crippen molar-refractivity contribution in [3.05, 3.63) is 116 Å². The van der Waals surface area contributed by atoms with Crippen molar-refractivity contribution in [1.82, 2.24) is 9.97 Å². The van der Waals surface area contributed by atoms with Gasteiger partial charge in [0.2, 0.25) is 0 Å². The van der Waals surface area contributed by atoms with E-state index < -0.39 is 27.2 Å². The minimum Gasteiger partial charge on any atom is -0.457 e. The molecule has 0 spiro atoms. The molecule has 4 rings (SSSR count). The highest BCUT2D eigenvalue weighted by Gasteiger charge is 2.22. The molecule has 0 fully saturated rings. The largest absolute Gasteiger partial charge is 0.457 e. The van der Waals surface area contributed by atoms with E-state index in [-0.39, 0.29) is 17.1 Å². The molecule has 180 valence electrons. The first-order valence-corrected chi connectivity index (χ1v) is 11.4. The van der Waals surface area contributed by atoms with E-state index in [1.54, 1.807) is 48.8 Å². The van der Waals surface area contributed by atoms with E-state index in [0.29, 0.717) is 21.8 Å². The summed E-state index contributed by atoms with van der Waals surface area (Å²) in [7, 11) is 0. The Morgan fingerprint density at radius 3 is 2.33 bits per heavy atom. The number of aryl methyl sites for hydroxylation is 1. The number of ether oxygens (including phenoxy) is 1. The van der Waals surface area contributed by atoms with E-state index in [1.165, 1.54) is 12.1 Å². The second-order valence-electron chi connectivity index (χ2n) is 7.61. The molecule has 2 aromatic heterocycles. The van der Waals surface area contributed by atoms with Crippen molar-refractivity contribution < 1.29 is 19.4 Å². The van der Waals surface area contributed by atoms with Gasteiger partial charge in [-0.1, -0.05) is 23.9 Å². The third-order valence-corrected chi connectivity index (χ3v) is 6.19. The number of carbonyl (C=O) groups excluding carboxylic acids is 1. The molecule has 36 heavy (non-hydrogen) atoms. The summed E-state index contributed by atoms with van der Waals surface area (Å²) in [6, 6.07) is 17.2. The zero-order valence-corrected chi connectivity index (χ0v) is 19.7. The Hall–Kier alpha value is -4.64. The summed E-state index contributed by atoms with van der Waals surface area (Å²) in [4.78, 5) is 43.2. The number of carbonyl (C=O) groups is 1. The summed E-state index contributed by atoms with van der Waals surface area (Å²) in [5.74, 6) is -0.616. The maximum Gasteiger partial charge on any atom is 0.339 e. The van der Waals surface area contributed by atoms with Crippen molar-refractivity contribution in [3.63, 3.8) is 0 Å². The lowest BCUT2D eigenvalue weighted by Crippen LogP contribution is -2.07.